The lowest BCUT2D eigenvalue weighted by Gasteiger charge is -2.21. The molecule has 0 amide bonds. The largest absolute Gasteiger partial charge is 0.466 e. The Bertz CT molecular complexity index is 728. The van der Waals surface area contributed by atoms with Gasteiger partial charge in [-0.1, -0.05) is 73.7 Å². The maximum atomic E-state index is 11.8. The Kier molecular flexibility index (Phi) is 5.11. The summed E-state index contributed by atoms with van der Waals surface area (Å²) in [6.45, 7) is 4.02. The Balaban J connectivity index is 2.02. The van der Waals surface area contributed by atoms with Gasteiger partial charge in [0.2, 0.25) is 0 Å². The van der Waals surface area contributed by atoms with Crippen LogP contribution in [0.3, 0.4) is 0 Å². The van der Waals surface area contributed by atoms with Crippen LogP contribution in [0.4, 0.5) is 0 Å². The molecule has 0 saturated heterocycles. The van der Waals surface area contributed by atoms with Crippen LogP contribution in [0, 0.1) is 11.8 Å². The Morgan fingerprint density at radius 3 is 2.00 bits per heavy atom. The summed E-state index contributed by atoms with van der Waals surface area (Å²) in [4.78, 5) is 11.8. The van der Waals surface area contributed by atoms with Crippen LogP contribution in [0.25, 0.3) is 0 Å². The van der Waals surface area contributed by atoms with Crippen molar-refractivity contribution < 1.29 is 9.53 Å². The summed E-state index contributed by atoms with van der Waals surface area (Å²) in [5, 5.41) is 0. The van der Waals surface area contributed by atoms with E-state index in [-0.39, 0.29) is 17.3 Å². The molecule has 0 spiro atoms. The minimum absolute atomic E-state index is 0.0283. The fourth-order valence-electron chi connectivity index (χ4n) is 4.28. The van der Waals surface area contributed by atoms with Crippen LogP contribution in [-0.2, 0) is 14.9 Å². The quantitative estimate of drug-likeness (QED) is 0.446. The van der Waals surface area contributed by atoms with Gasteiger partial charge in [-0.25, -0.2) is 4.79 Å². The van der Waals surface area contributed by atoms with Crippen LogP contribution < -0.4 is 0 Å². The average Bonchev–Trinajstić information content (AvgIpc) is 3.28. The molecular formula is C22H25O2P. The lowest BCUT2D eigenvalue weighted by molar-refractivity contribution is -0.136. The van der Waals surface area contributed by atoms with Crippen LogP contribution in [0.1, 0.15) is 25.0 Å². The van der Waals surface area contributed by atoms with Crippen LogP contribution in [0.2, 0.25) is 0 Å². The molecule has 0 aliphatic heterocycles. The topological polar surface area (TPSA) is 26.3 Å². The smallest absolute Gasteiger partial charge is 0.333 e. The van der Waals surface area contributed by atoms with Crippen molar-refractivity contribution in [3.8, 4) is 0 Å². The Labute approximate surface area is 152 Å². The lowest BCUT2D eigenvalue weighted by Crippen LogP contribution is -2.16. The number of rotatable bonds is 5. The third-order valence-electron chi connectivity index (χ3n) is 5.42. The number of ether oxygens (including phenoxy) is 1. The number of carbonyl (C=O) groups is 1. The monoisotopic (exact) mass is 352 g/mol. The lowest BCUT2D eigenvalue weighted by atomic mass is 9.82. The first kappa shape index (κ1) is 17.9. The molecule has 3 heteroatoms. The Morgan fingerprint density at radius 2 is 1.56 bits per heavy atom. The van der Waals surface area contributed by atoms with E-state index in [1.54, 1.807) is 0 Å². The maximum absolute atomic E-state index is 11.8. The van der Waals surface area contributed by atoms with Gasteiger partial charge in [-0.2, -0.15) is 0 Å². The summed E-state index contributed by atoms with van der Waals surface area (Å²) in [7, 11) is 4.47. The van der Waals surface area contributed by atoms with Gasteiger partial charge in [0, 0.05) is 11.0 Å². The third kappa shape index (κ3) is 3.04. The standard InChI is InChI=1S/C22H25O2P/c1-15(14-16(2)21(23)24-3)19-20(25)22(19,17-10-6-4-7-11-17)18-12-8-5-9-13-18/h4-15,19-20H,25H2,1-3H3/b16-14+. The second-order valence-electron chi connectivity index (χ2n) is 6.85. The first-order valence-electron chi connectivity index (χ1n) is 8.66. The molecule has 2 aromatic carbocycles. The number of allylic oxidation sites excluding steroid dienone is 1. The predicted octanol–water partition coefficient (Wildman–Crippen LogP) is 4.60. The highest BCUT2D eigenvalue weighted by Crippen LogP contribution is 2.65. The van der Waals surface area contributed by atoms with Crippen molar-refractivity contribution in [3.05, 3.63) is 83.4 Å². The molecule has 1 saturated carbocycles. The molecule has 1 aliphatic rings. The van der Waals surface area contributed by atoms with E-state index in [1.165, 1.54) is 18.2 Å². The zero-order valence-electron chi connectivity index (χ0n) is 15.0. The van der Waals surface area contributed by atoms with E-state index in [9.17, 15) is 4.79 Å². The molecule has 25 heavy (non-hydrogen) atoms. The van der Waals surface area contributed by atoms with Crippen molar-refractivity contribution in [1.29, 1.82) is 0 Å². The van der Waals surface area contributed by atoms with Crippen molar-refractivity contribution >= 4 is 15.2 Å². The Morgan fingerprint density at radius 1 is 1.08 bits per heavy atom. The van der Waals surface area contributed by atoms with Crippen LogP contribution >= 0.6 is 9.24 Å². The first-order chi connectivity index (χ1) is 12.0. The average molecular weight is 352 g/mol. The number of benzene rings is 2. The van der Waals surface area contributed by atoms with Crippen molar-refractivity contribution in [2.24, 2.45) is 11.8 Å². The van der Waals surface area contributed by atoms with Gasteiger partial charge >= 0.3 is 5.97 Å². The predicted molar refractivity (Wildman–Crippen MR) is 106 cm³/mol. The molecule has 3 rings (SSSR count). The summed E-state index contributed by atoms with van der Waals surface area (Å²) < 4.78 is 4.85. The van der Waals surface area contributed by atoms with Gasteiger partial charge in [-0.15, -0.1) is 9.24 Å². The van der Waals surface area contributed by atoms with Crippen molar-refractivity contribution in [1.82, 2.24) is 0 Å². The zero-order chi connectivity index (χ0) is 18.0. The summed E-state index contributed by atoms with van der Waals surface area (Å²) in [5.41, 5.74) is 3.74. The summed E-state index contributed by atoms with van der Waals surface area (Å²) in [6, 6.07) is 21.4. The zero-order valence-corrected chi connectivity index (χ0v) is 16.1. The number of methoxy groups -OCH3 is 1. The van der Waals surface area contributed by atoms with Crippen LogP contribution in [-0.4, -0.2) is 18.7 Å². The van der Waals surface area contributed by atoms with Crippen molar-refractivity contribution in [3.63, 3.8) is 0 Å². The van der Waals surface area contributed by atoms with E-state index in [1.807, 2.05) is 6.92 Å². The van der Waals surface area contributed by atoms with Crippen molar-refractivity contribution in [2.45, 2.75) is 24.9 Å². The van der Waals surface area contributed by atoms with E-state index in [4.69, 9.17) is 4.74 Å². The van der Waals surface area contributed by atoms with Gasteiger partial charge in [0.1, 0.15) is 0 Å². The second kappa shape index (κ2) is 7.14. The summed E-state index contributed by atoms with van der Waals surface area (Å²) in [5.74, 6) is 0.432. The number of carbonyl (C=O) groups excluding carboxylic acids is 1. The van der Waals surface area contributed by atoms with Gasteiger partial charge in [0.05, 0.1) is 7.11 Å². The molecule has 2 aromatic rings. The van der Waals surface area contributed by atoms with Crippen LogP contribution in [0.15, 0.2) is 72.3 Å². The number of hydrogen-bond donors (Lipinski definition) is 0. The second-order valence-corrected chi connectivity index (χ2v) is 7.57. The summed E-state index contributed by atoms with van der Waals surface area (Å²) >= 11 is 0. The molecule has 2 nitrogen and oxygen atoms in total. The fourth-order valence-corrected chi connectivity index (χ4v) is 5.43. The van der Waals surface area contributed by atoms with E-state index in [2.05, 4.69) is 82.9 Å². The molecule has 0 heterocycles. The molecule has 4 unspecified atom stereocenters. The van der Waals surface area contributed by atoms with E-state index < -0.39 is 0 Å². The van der Waals surface area contributed by atoms with Gasteiger partial charge in [-0.05, 0) is 35.5 Å². The van der Waals surface area contributed by atoms with E-state index in [0.717, 1.165) is 0 Å². The molecule has 0 bridgehead atoms. The van der Waals surface area contributed by atoms with Crippen molar-refractivity contribution in [2.75, 3.05) is 7.11 Å². The molecule has 0 N–H and O–H groups in total. The van der Waals surface area contributed by atoms with Gasteiger partial charge in [0.15, 0.2) is 0 Å². The molecule has 4 atom stereocenters. The Hall–Kier alpha value is -1.92. The molecule has 1 fully saturated rings. The number of hydrogen-bond acceptors (Lipinski definition) is 2. The molecule has 1 aliphatic carbocycles. The van der Waals surface area contributed by atoms with Gasteiger partial charge in [-0.3, -0.25) is 0 Å². The normalized spacial score (nSPS) is 23.0. The molecule has 130 valence electrons. The first-order valence-corrected chi connectivity index (χ1v) is 9.33. The van der Waals surface area contributed by atoms with E-state index in [0.29, 0.717) is 17.2 Å². The SMILES string of the molecule is COC(=O)/C(C)=C/C(C)C1C(P)C1(c1ccccc1)c1ccccc1. The molecule has 0 aromatic heterocycles. The molecular weight excluding hydrogens is 327 g/mol. The highest BCUT2D eigenvalue weighted by atomic mass is 31.0. The minimum atomic E-state index is -0.252. The number of esters is 1. The van der Waals surface area contributed by atoms with E-state index >= 15 is 0 Å². The molecule has 0 radical (unpaired) electrons. The maximum Gasteiger partial charge on any atom is 0.333 e. The minimum Gasteiger partial charge on any atom is -0.466 e. The fraction of sp³-hybridized carbons (Fsp3) is 0.318. The highest BCUT2D eigenvalue weighted by molar-refractivity contribution is 7.18. The highest BCUT2D eigenvalue weighted by Gasteiger charge is 2.65. The van der Waals surface area contributed by atoms with Gasteiger partial charge < -0.3 is 4.74 Å². The van der Waals surface area contributed by atoms with Crippen LogP contribution in [0.5, 0.6) is 0 Å². The third-order valence-corrected chi connectivity index (χ3v) is 6.36. The van der Waals surface area contributed by atoms with Gasteiger partial charge in [0.25, 0.3) is 0 Å². The summed E-state index contributed by atoms with van der Waals surface area (Å²) in [6.07, 6.45) is 2.06.